The number of halogens is 6. The molecule has 5 nitrogen and oxygen atoms in total. The SMILES string of the molecule is CCOC(=O)c1ncn2c(C(F)(F)F)cc(-c3ccc(C(F)(F)F)cc3)nc12. The van der Waals surface area contributed by atoms with Gasteiger partial charge in [0, 0.05) is 5.56 Å². The van der Waals surface area contributed by atoms with E-state index in [4.69, 9.17) is 4.74 Å². The third-order valence-corrected chi connectivity index (χ3v) is 3.77. The number of nitrogens with zero attached hydrogens (tertiary/aromatic N) is 3. The lowest BCUT2D eigenvalue weighted by atomic mass is 10.1. The summed E-state index contributed by atoms with van der Waals surface area (Å²) in [4.78, 5) is 19.6. The fourth-order valence-electron chi connectivity index (χ4n) is 2.51. The molecule has 0 radical (unpaired) electrons. The monoisotopic (exact) mass is 403 g/mol. The number of hydrogen-bond donors (Lipinski definition) is 0. The van der Waals surface area contributed by atoms with Crippen molar-refractivity contribution in [1.82, 2.24) is 14.4 Å². The Hall–Kier alpha value is -3.11. The van der Waals surface area contributed by atoms with Gasteiger partial charge in [-0.15, -0.1) is 0 Å². The van der Waals surface area contributed by atoms with Crippen LogP contribution in [0.4, 0.5) is 26.3 Å². The molecule has 3 rings (SSSR count). The van der Waals surface area contributed by atoms with Gasteiger partial charge in [-0.05, 0) is 25.1 Å². The first-order valence-electron chi connectivity index (χ1n) is 7.82. The normalized spacial score (nSPS) is 12.4. The van der Waals surface area contributed by atoms with Crippen LogP contribution in [0.25, 0.3) is 16.9 Å². The zero-order valence-corrected chi connectivity index (χ0v) is 14.1. The Bertz CT molecular complexity index is 1020. The van der Waals surface area contributed by atoms with E-state index in [1.165, 1.54) is 6.92 Å². The highest BCUT2D eigenvalue weighted by Gasteiger charge is 2.36. The molecule has 0 saturated heterocycles. The van der Waals surface area contributed by atoms with Gasteiger partial charge in [0.15, 0.2) is 11.3 Å². The highest BCUT2D eigenvalue weighted by atomic mass is 19.4. The molecule has 0 atom stereocenters. The molecule has 0 unspecified atom stereocenters. The molecule has 3 aromatic rings. The minimum absolute atomic E-state index is 0.0111. The van der Waals surface area contributed by atoms with Crippen molar-refractivity contribution in [2.24, 2.45) is 0 Å². The smallest absolute Gasteiger partial charge is 0.431 e. The Labute approximate surface area is 153 Å². The summed E-state index contributed by atoms with van der Waals surface area (Å²) in [5, 5.41) is 0. The Morgan fingerprint density at radius 3 is 2.25 bits per heavy atom. The third kappa shape index (κ3) is 3.64. The molecule has 148 valence electrons. The molecular formula is C17H11F6N3O2. The molecule has 11 heteroatoms. The maximum Gasteiger partial charge on any atom is 0.431 e. The zero-order valence-electron chi connectivity index (χ0n) is 14.1. The van der Waals surface area contributed by atoms with Crippen LogP contribution >= 0.6 is 0 Å². The number of rotatable bonds is 3. The summed E-state index contributed by atoms with van der Waals surface area (Å²) in [6, 6.07) is 4.14. The fourth-order valence-corrected chi connectivity index (χ4v) is 2.51. The maximum absolute atomic E-state index is 13.5. The van der Waals surface area contributed by atoms with Gasteiger partial charge in [-0.3, -0.25) is 4.40 Å². The van der Waals surface area contributed by atoms with Crippen molar-refractivity contribution >= 4 is 11.6 Å². The van der Waals surface area contributed by atoms with Gasteiger partial charge < -0.3 is 4.74 Å². The number of hydrogen-bond acceptors (Lipinski definition) is 4. The van der Waals surface area contributed by atoms with Gasteiger partial charge in [0.05, 0.1) is 17.9 Å². The quantitative estimate of drug-likeness (QED) is 0.474. The van der Waals surface area contributed by atoms with Crippen LogP contribution in [0.1, 0.15) is 28.7 Å². The van der Waals surface area contributed by atoms with E-state index in [9.17, 15) is 31.1 Å². The van der Waals surface area contributed by atoms with Crippen molar-refractivity contribution in [2.45, 2.75) is 19.3 Å². The molecule has 0 bridgehead atoms. The minimum atomic E-state index is -4.82. The largest absolute Gasteiger partial charge is 0.461 e. The number of alkyl halides is 6. The van der Waals surface area contributed by atoms with Crippen LogP contribution in [0.2, 0.25) is 0 Å². The lowest BCUT2D eigenvalue weighted by Gasteiger charge is -2.12. The van der Waals surface area contributed by atoms with E-state index in [-0.39, 0.29) is 17.9 Å². The van der Waals surface area contributed by atoms with E-state index in [2.05, 4.69) is 9.97 Å². The average Bonchev–Trinajstić information content (AvgIpc) is 3.03. The molecule has 0 spiro atoms. The number of aromatic nitrogens is 3. The number of imidazole rings is 1. The van der Waals surface area contributed by atoms with Crippen LogP contribution in [0.5, 0.6) is 0 Å². The molecule has 2 aromatic heterocycles. The summed E-state index contributed by atoms with van der Waals surface area (Å²) < 4.78 is 83.8. The van der Waals surface area contributed by atoms with Gasteiger partial charge in [-0.2, -0.15) is 26.3 Å². The summed E-state index contributed by atoms with van der Waals surface area (Å²) >= 11 is 0. The second-order valence-electron chi connectivity index (χ2n) is 5.61. The van der Waals surface area contributed by atoms with Crippen molar-refractivity contribution in [3.05, 3.63) is 53.6 Å². The van der Waals surface area contributed by atoms with Crippen molar-refractivity contribution in [2.75, 3.05) is 6.61 Å². The second-order valence-corrected chi connectivity index (χ2v) is 5.61. The number of benzene rings is 1. The highest BCUT2D eigenvalue weighted by Crippen LogP contribution is 2.34. The molecule has 0 fully saturated rings. The average molecular weight is 403 g/mol. The van der Waals surface area contributed by atoms with Crippen LogP contribution in [-0.4, -0.2) is 26.9 Å². The molecule has 0 saturated carbocycles. The van der Waals surface area contributed by atoms with Gasteiger partial charge in [0.25, 0.3) is 0 Å². The second kappa shape index (κ2) is 6.80. The minimum Gasteiger partial charge on any atom is -0.461 e. The summed E-state index contributed by atoms with van der Waals surface area (Å²) in [5.74, 6) is -0.963. The van der Waals surface area contributed by atoms with Crippen LogP contribution in [0.3, 0.4) is 0 Å². The molecule has 1 aromatic carbocycles. The molecule has 2 heterocycles. The first-order chi connectivity index (χ1) is 13.0. The number of ether oxygens (including phenoxy) is 1. The predicted molar refractivity (Wildman–Crippen MR) is 84.4 cm³/mol. The Kier molecular flexibility index (Phi) is 4.77. The first-order valence-corrected chi connectivity index (χ1v) is 7.82. The van der Waals surface area contributed by atoms with E-state index in [0.717, 1.165) is 30.6 Å². The molecular weight excluding hydrogens is 392 g/mol. The predicted octanol–water partition coefficient (Wildman–Crippen LogP) is 4.61. The Morgan fingerprint density at radius 2 is 1.71 bits per heavy atom. The van der Waals surface area contributed by atoms with E-state index < -0.39 is 40.9 Å². The number of carbonyl (C=O) groups is 1. The lowest BCUT2D eigenvalue weighted by Crippen LogP contribution is -2.13. The standard InChI is InChI=1S/C17H11F6N3O2/c1-2-28-15(27)13-14-25-11(7-12(17(21,22)23)26(14)8-24-13)9-3-5-10(6-4-9)16(18,19)20/h3-8H,2H2,1H3. The Balaban J connectivity index is 2.20. The summed E-state index contributed by atoms with van der Waals surface area (Å²) in [5.41, 5.74) is -3.23. The topological polar surface area (TPSA) is 56.5 Å². The highest BCUT2D eigenvalue weighted by molar-refractivity contribution is 5.94. The summed E-state index contributed by atoms with van der Waals surface area (Å²) in [6.45, 7) is 1.49. The van der Waals surface area contributed by atoms with Crippen molar-refractivity contribution in [3.8, 4) is 11.3 Å². The molecule has 0 aliphatic carbocycles. The molecule has 0 N–H and O–H groups in total. The summed E-state index contributed by atoms with van der Waals surface area (Å²) in [6.07, 6.45) is -8.63. The molecule has 0 aliphatic heterocycles. The molecule has 0 amide bonds. The van der Waals surface area contributed by atoms with Crippen LogP contribution in [-0.2, 0) is 17.1 Å². The number of carbonyl (C=O) groups excluding carboxylic acids is 1. The van der Waals surface area contributed by atoms with Gasteiger partial charge in [0.2, 0.25) is 0 Å². The lowest BCUT2D eigenvalue weighted by molar-refractivity contribution is -0.142. The summed E-state index contributed by atoms with van der Waals surface area (Å²) in [7, 11) is 0. The number of esters is 1. The third-order valence-electron chi connectivity index (χ3n) is 3.77. The zero-order chi connectivity index (χ0) is 20.7. The van der Waals surface area contributed by atoms with Crippen LogP contribution in [0, 0.1) is 0 Å². The van der Waals surface area contributed by atoms with Crippen molar-refractivity contribution in [3.63, 3.8) is 0 Å². The van der Waals surface area contributed by atoms with Crippen LogP contribution in [0.15, 0.2) is 36.7 Å². The first kappa shape index (κ1) is 19.6. The molecule has 28 heavy (non-hydrogen) atoms. The van der Waals surface area contributed by atoms with E-state index in [1.807, 2.05) is 0 Å². The van der Waals surface area contributed by atoms with E-state index >= 15 is 0 Å². The Morgan fingerprint density at radius 1 is 1.07 bits per heavy atom. The van der Waals surface area contributed by atoms with Gasteiger partial charge >= 0.3 is 18.3 Å². The maximum atomic E-state index is 13.5. The molecule has 0 aliphatic rings. The van der Waals surface area contributed by atoms with Crippen molar-refractivity contribution < 1.29 is 35.9 Å². The van der Waals surface area contributed by atoms with Gasteiger partial charge in [0.1, 0.15) is 12.0 Å². The fraction of sp³-hybridized carbons (Fsp3) is 0.235. The van der Waals surface area contributed by atoms with Gasteiger partial charge in [-0.25, -0.2) is 14.8 Å². The van der Waals surface area contributed by atoms with E-state index in [0.29, 0.717) is 10.5 Å². The van der Waals surface area contributed by atoms with E-state index in [1.54, 1.807) is 0 Å². The number of fused-ring (bicyclic) bond motifs is 1. The van der Waals surface area contributed by atoms with Crippen LogP contribution < -0.4 is 0 Å². The van der Waals surface area contributed by atoms with Gasteiger partial charge in [-0.1, -0.05) is 12.1 Å². The van der Waals surface area contributed by atoms with Crippen molar-refractivity contribution in [1.29, 1.82) is 0 Å².